The second-order valence-electron chi connectivity index (χ2n) is 5.67. The lowest BCUT2D eigenvalue weighted by Crippen LogP contribution is -2.31. The highest BCUT2D eigenvalue weighted by atomic mass is 35.5. The van der Waals surface area contributed by atoms with Crippen molar-refractivity contribution in [3.05, 3.63) is 52.0 Å². The van der Waals surface area contributed by atoms with Crippen LogP contribution in [0.2, 0.25) is 10.0 Å². The van der Waals surface area contributed by atoms with Crippen LogP contribution in [0, 0.1) is 0 Å². The van der Waals surface area contributed by atoms with E-state index in [1.165, 1.54) is 18.2 Å². The van der Waals surface area contributed by atoms with Crippen LogP contribution in [0.1, 0.15) is 5.56 Å². The van der Waals surface area contributed by atoms with Gasteiger partial charge in [0.1, 0.15) is 11.0 Å². The van der Waals surface area contributed by atoms with Crippen LogP contribution in [0.25, 0.3) is 11.0 Å². The van der Waals surface area contributed by atoms with Gasteiger partial charge in [0.05, 0.1) is 4.90 Å². The van der Waals surface area contributed by atoms with E-state index in [0.717, 1.165) is 11.1 Å². The lowest BCUT2D eigenvalue weighted by Gasteiger charge is -2.08. The van der Waals surface area contributed by atoms with Crippen LogP contribution < -0.4 is 10.2 Å². The number of hydrogen-bond donors (Lipinski definition) is 1. The smallest absolute Gasteiger partial charge is 0.261 e. The van der Waals surface area contributed by atoms with E-state index in [-0.39, 0.29) is 18.0 Å². The van der Waals surface area contributed by atoms with Crippen molar-refractivity contribution in [2.45, 2.75) is 11.4 Å². The number of sulfone groups is 1. The predicted molar refractivity (Wildman–Crippen MR) is 100 cm³/mol. The lowest BCUT2D eigenvalue weighted by molar-refractivity contribution is -0.126. The Bertz CT molecular complexity index is 1110. The van der Waals surface area contributed by atoms with Crippen LogP contribution in [0.15, 0.2) is 41.3 Å². The standard InChI is InChI=1S/C16H14Cl2N4O4S/c1-27(24,25)12-4-5-14-15(7-12)22(21-20-14)26-9-16(23)19-8-10-2-3-11(17)6-13(10)18/h2-7H,8-9H2,1H3,(H,19,23). The molecule has 0 aliphatic rings. The second kappa shape index (κ2) is 7.71. The summed E-state index contributed by atoms with van der Waals surface area (Å²) < 4.78 is 23.3. The van der Waals surface area contributed by atoms with Gasteiger partial charge in [-0.25, -0.2) is 8.42 Å². The highest BCUT2D eigenvalue weighted by Crippen LogP contribution is 2.20. The summed E-state index contributed by atoms with van der Waals surface area (Å²) in [4.78, 5) is 18.4. The molecule has 1 amide bonds. The highest BCUT2D eigenvalue weighted by Gasteiger charge is 2.13. The van der Waals surface area contributed by atoms with Gasteiger partial charge >= 0.3 is 0 Å². The Kier molecular flexibility index (Phi) is 5.54. The van der Waals surface area contributed by atoms with Crippen molar-refractivity contribution < 1.29 is 18.0 Å². The van der Waals surface area contributed by atoms with Gasteiger partial charge in [-0.05, 0) is 41.1 Å². The average Bonchev–Trinajstić information content (AvgIpc) is 3.00. The van der Waals surface area contributed by atoms with Crippen molar-refractivity contribution in [3.63, 3.8) is 0 Å². The van der Waals surface area contributed by atoms with Gasteiger partial charge < -0.3 is 10.2 Å². The summed E-state index contributed by atoms with van der Waals surface area (Å²) in [6.07, 6.45) is 1.10. The number of amides is 1. The van der Waals surface area contributed by atoms with Crippen LogP contribution in [-0.2, 0) is 21.2 Å². The maximum atomic E-state index is 12.0. The number of nitrogens with one attached hydrogen (secondary N) is 1. The molecule has 0 saturated heterocycles. The molecule has 1 heterocycles. The molecule has 1 aromatic heterocycles. The lowest BCUT2D eigenvalue weighted by atomic mass is 10.2. The Morgan fingerprint density at radius 1 is 1.22 bits per heavy atom. The van der Waals surface area contributed by atoms with Crippen LogP contribution in [0.3, 0.4) is 0 Å². The number of hydrogen-bond acceptors (Lipinski definition) is 6. The quantitative estimate of drug-likeness (QED) is 0.642. The van der Waals surface area contributed by atoms with Gasteiger partial charge in [-0.2, -0.15) is 0 Å². The van der Waals surface area contributed by atoms with Gasteiger partial charge in [-0.1, -0.05) is 34.1 Å². The van der Waals surface area contributed by atoms with Crippen molar-refractivity contribution in [2.24, 2.45) is 0 Å². The maximum Gasteiger partial charge on any atom is 0.261 e. The van der Waals surface area contributed by atoms with Crippen LogP contribution in [0.5, 0.6) is 0 Å². The first-order chi connectivity index (χ1) is 12.7. The topological polar surface area (TPSA) is 103 Å². The third kappa shape index (κ3) is 4.68. The molecule has 142 valence electrons. The molecule has 0 unspecified atom stereocenters. The van der Waals surface area contributed by atoms with Gasteiger partial charge in [0.25, 0.3) is 5.91 Å². The molecule has 27 heavy (non-hydrogen) atoms. The number of nitrogens with zero attached hydrogens (tertiary/aromatic N) is 3. The molecule has 0 aliphatic heterocycles. The predicted octanol–water partition coefficient (Wildman–Crippen LogP) is 1.89. The third-order valence-corrected chi connectivity index (χ3v) is 5.32. The molecule has 0 atom stereocenters. The van der Waals surface area contributed by atoms with Crippen molar-refractivity contribution in [2.75, 3.05) is 12.9 Å². The molecule has 3 rings (SSSR count). The molecule has 11 heteroatoms. The Balaban J connectivity index is 1.65. The first-order valence-corrected chi connectivity index (χ1v) is 10.3. The molecular formula is C16H14Cl2N4O4S. The zero-order valence-corrected chi connectivity index (χ0v) is 16.3. The van der Waals surface area contributed by atoms with Gasteiger partial charge in [0.15, 0.2) is 16.4 Å². The number of benzene rings is 2. The fourth-order valence-corrected chi connectivity index (χ4v) is 3.35. The molecule has 0 spiro atoms. The van der Waals surface area contributed by atoms with Crippen molar-refractivity contribution in [1.82, 2.24) is 20.5 Å². The highest BCUT2D eigenvalue weighted by molar-refractivity contribution is 7.90. The van der Waals surface area contributed by atoms with E-state index in [1.54, 1.807) is 18.2 Å². The molecule has 2 aromatic carbocycles. The zero-order valence-electron chi connectivity index (χ0n) is 14.0. The molecule has 1 N–H and O–H groups in total. The fourth-order valence-electron chi connectivity index (χ4n) is 2.23. The molecular weight excluding hydrogens is 415 g/mol. The largest absolute Gasteiger partial charge is 0.385 e. The first-order valence-electron chi connectivity index (χ1n) is 7.63. The molecule has 0 bridgehead atoms. The number of carbonyl (C=O) groups excluding carboxylic acids is 1. The van der Waals surface area contributed by atoms with E-state index in [9.17, 15) is 13.2 Å². The van der Waals surface area contributed by atoms with E-state index < -0.39 is 15.7 Å². The minimum Gasteiger partial charge on any atom is -0.385 e. The molecule has 0 radical (unpaired) electrons. The Morgan fingerprint density at radius 2 is 2.00 bits per heavy atom. The molecule has 0 aliphatic carbocycles. The summed E-state index contributed by atoms with van der Waals surface area (Å²) in [5, 5.41) is 11.2. The number of carbonyl (C=O) groups is 1. The van der Waals surface area contributed by atoms with Gasteiger partial charge in [-0.15, -0.1) is 5.10 Å². The van der Waals surface area contributed by atoms with E-state index in [0.29, 0.717) is 26.6 Å². The summed E-state index contributed by atoms with van der Waals surface area (Å²) in [7, 11) is -3.39. The van der Waals surface area contributed by atoms with Gasteiger partial charge in [-0.3, -0.25) is 4.79 Å². The number of halogens is 2. The average molecular weight is 429 g/mol. The summed E-state index contributed by atoms with van der Waals surface area (Å²) >= 11 is 11.9. The minimum absolute atomic E-state index is 0.101. The van der Waals surface area contributed by atoms with Crippen molar-refractivity contribution >= 4 is 50.0 Å². The van der Waals surface area contributed by atoms with Crippen molar-refractivity contribution in [3.8, 4) is 0 Å². The maximum absolute atomic E-state index is 12.0. The number of aromatic nitrogens is 3. The number of fused-ring (bicyclic) bond motifs is 1. The summed E-state index contributed by atoms with van der Waals surface area (Å²) in [5.41, 5.74) is 1.49. The molecule has 0 fully saturated rings. The Morgan fingerprint density at radius 3 is 2.70 bits per heavy atom. The molecule has 0 saturated carbocycles. The van der Waals surface area contributed by atoms with Crippen molar-refractivity contribution in [1.29, 1.82) is 0 Å². The third-order valence-electron chi connectivity index (χ3n) is 3.62. The molecule has 8 nitrogen and oxygen atoms in total. The van der Waals surface area contributed by atoms with E-state index >= 15 is 0 Å². The summed E-state index contributed by atoms with van der Waals surface area (Å²) in [5.74, 6) is -0.413. The normalized spacial score (nSPS) is 11.5. The van der Waals surface area contributed by atoms with Gasteiger partial charge in [0.2, 0.25) is 0 Å². The summed E-state index contributed by atoms with van der Waals surface area (Å²) in [6.45, 7) is -0.138. The Labute approximate surface area is 164 Å². The van der Waals surface area contributed by atoms with Crippen LogP contribution in [-0.4, -0.2) is 42.3 Å². The first kappa shape index (κ1) is 19.4. The Hall–Kier alpha value is -2.36. The van der Waals surface area contributed by atoms with E-state index in [2.05, 4.69) is 15.6 Å². The van der Waals surface area contributed by atoms with Crippen LogP contribution in [0.4, 0.5) is 0 Å². The summed E-state index contributed by atoms with van der Waals surface area (Å²) in [6, 6.07) is 9.30. The fraction of sp³-hybridized carbons (Fsp3) is 0.188. The monoisotopic (exact) mass is 428 g/mol. The SMILES string of the molecule is CS(=O)(=O)c1ccc2nnn(OCC(=O)NCc3ccc(Cl)cc3Cl)c2c1. The zero-order chi connectivity index (χ0) is 19.6. The van der Waals surface area contributed by atoms with Gasteiger partial charge in [0, 0.05) is 22.8 Å². The molecule has 3 aromatic rings. The number of rotatable bonds is 6. The second-order valence-corrected chi connectivity index (χ2v) is 8.53. The van der Waals surface area contributed by atoms with E-state index in [1.807, 2.05) is 0 Å². The van der Waals surface area contributed by atoms with E-state index in [4.69, 9.17) is 28.0 Å². The van der Waals surface area contributed by atoms with Crippen LogP contribution >= 0.6 is 23.2 Å². The minimum atomic E-state index is -3.39.